The summed E-state index contributed by atoms with van der Waals surface area (Å²) in [4.78, 5) is 24.8. The van der Waals surface area contributed by atoms with Crippen molar-refractivity contribution < 1.29 is 4.79 Å². The van der Waals surface area contributed by atoms with E-state index in [1.54, 1.807) is 24.9 Å². The molecular weight excluding hydrogens is 292 g/mol. The zero-order valence-corrected chi connectivity index (χ0v) is 12.7. The molecule has 4 heterocycles. The molecule has 7 heteroatoms. The second kappa shape index (κ2) is 5.44. The highest BCUT2D eigenvalue weighted by molar-refractivity contribution is 5.94. The molecule has 3 aromatic rings. The molecular formula is C16H16N6O. The summed E-state index contributed by atoms with van der Waals surface area (Å²) in [7, 11) is 1.94. The first kappa shape index (κ1) is 13.8. The highest BCUT2D eigenvalue weighted by Gasteiger charge is 2.25. The van der Waals surface area contributed by atoms with E-state index in [0.717, 1.165) is 35.2 Å². The lowest BCUT2D eigenvalue weighted by Crippen LogP contribution is -2.48. The Morgan fingerprint density at radius 2 is 2.13 bits per heavy atom. The minimum atomic E-state index is 0.00588. The van der Waals surface area contributed by atoms with Gasteiger partial charge in [0.2, 0.25) is 5.91 Å². The Balaban J connectivity index is 1.66. The third-order valence-corrected chi connectivity index (χ3v) is 4.08. The van der Waals surface area contributed by atoms with Crippen molar-refractivity contribution in [2.45, 2.75) is 0 Å². The van der Waals surface area contributed by atoms with Crippen molar-refractivity contribution in [2.75, 3.05) is 18.4 Å². The minimum Gasteiger partial charge on any atom is -0.334 e. The zero-order chi connectivity index (χ0) is 15.8. The second-order valence-corrected chi connectivity index (χ2v) is 5.72. The first-order valence-electron chi connectivity index (χ1n) is 7.45. The molecule has 1 amide bonds. The lowest BCUT2D eigenvalue weighted by atomic mass is 10.0. The predicted octanol–water partition coefficient (Wildman–Crippen LogP) is 1.19. The number of pyridine rings is 2. The monoisotopic (exact) mass is 308 g/mol. The summed E-state index contributed by atoms with van der Waals surface area (Å²) in [5, 5.41) is 6.88. The molecule has 3 aromatic heterocycles. The third-order valence-electron chi connectivity index (χ3n) is 4.08. The van der Waals surface area contributed by atoms with Gasteiger partial charge in [0.1, 0.15) is 5.82 Å². The molecule has 1 aliphatic heterocycles. The van der Waals surface area contributed by atoms with E-state index in [4.69, 9.17) is 0 Å². The van der Waals surface area contributed by atoms with Gasteiger partial charge in [0, 0.05) is 37.3 Å². The van der Waals surface area contributed by atoms with E-state index in [-0.39, 0.29) is 11.8 Å². The molecule has 0 unspecified atom stereocenters. The maximum atomic E-state index is 12.0. The van der Waals surface area contributed by atoms with Crippen LogP contribution in [0, 0.1) is 5.92 Å². The van der Waals surface area contributed by atoms with Crippen LogP contribution in [-0.4, -0.2) is 38.5 Å². The molecule has 0 bridgehead atoms. The molecule has 2 N–H and O–H groups in total. The van der Waals surface area contributed by atoms with Crippen LogP contribution in [0.15, 0.2) is 37.1 Å². The van der Waals surface area contributed by atoms with Crippen molar-refractivity contribution in [2.24, 2.45) is 13.0 Å². The Hall–Kier alpha value is -2.80. The molecule has 0 aliphatic carbocycles. The minimum absolute atomic E-state index is 0.00588. The van der Waals surface area contributed by atoms with Crippen LogP contribution in [0.25, 0.3) is 22.2 Å². The molecule has 0 spiro atoms. The van der Waals surface area contributed by atoms with Gasteiger partial charge in [0.05, 0.1) is 35.8 Å². The molecule has 0 aromatic carbocycles. The van der Waals surface area contributed by atoms with Gasteiger partial charge >= 0.3 is 0 Å². The van der Waals surface area contributed by atoms with Crippen LogP contribution >= 0.6 is 0 Å². The number of fused-ring (bicyclic) bond motifs is 1. The van der Waals surface area contributed by atoms with Crippen molar-refractivity contribution in [3.05, 3.63) is 37.1 Å². The highest BCUT2D eigenvalue weighted by Crippen LogP contribution is 2.23. The maximum absolute atomic E-state index is 12.0. The van der Waals surface area contributed by atoms with Crippen LogP contribution in [0.3, 0.4) is 0 Å². The standard InChI is InChI=1S/C16H16N6O/c1-22-9-18-8-14(22)11-2-10-3-15(20-7-13(10)19-6-11)21-16(23)12-4-17-5-12/h2-3,6-9,12,17H,4-5H2,1H3,(H,20,21,23). The van der Waals surface area contributed by atoms with Gasteiger partial charge < -0.3 is 15.2 Å². The molecule has 0 radical (unpaired) electrons. The summed E-state index contributed by atoms with van der Waals surface area (Å²) in [6.45, 7) is 1.46. The Labute approximate surface area is 132 Å². The number of hydrogen-bond donors (Lipinski definition) is 2. The average molecular weight is 308 g/mol. The Morgan fingerprint density at radius 1 is 1.26 bits per heavy atom. The lowest BCUT2D eigenvalue weighted by Gasteiger charge is -2.25. The number of nitrogens with one attached hydrogen (secondary N) is 2. The number of anilines is 1. The Bertz CT molecular complexity index is 883. The van der Waals surface area contributed by atoms with Gasteiger partial charge in [0.15, 0.2) is 0 Å². The van der Waals surface area contributed by atoms with Crippen LogP contribution in [0.2, 0.25) is 0 Å². The van der Waals surface area contributed by atoms with Crippen molar-refractivity contribution in [3.8, 4) is 11.3 Å². The Kier molecular flexibility index (Phi) is 3.27. The van der Waals surface area contributed by atoms with Crippen molar-refractivity contribution in [3.63, 3.8) is 0 Å². The number of amides is 1. The summed E-state index contributed by atoms with van der Waals surface area (Å²) in [6.07, 6.45) is 7.04. The van der Waals surface area contributed by atoms with E-state index >= 15 is 0 Å². The van der Waals surface area contributed by atoms with E-state index in [2.05, 4.69) is 25.6 Å². The van der Waals surface area contributed by atoms with Gasteiger partial charge in [-0.05, 0) is 12.1 Å². The number of aryl methyl sites for hydroxylation is 1. The number of rotatable bonds is 3. The molecule has 4 rings (SSSR count). The normalized spacial score (nSPS) is 14.7. The number of imidazole rings is 1. The molecule has 23 heavy (non-hydrogen) atoms. The summed E-state index contributed by atoms with van der Waals surface area (Å²) in [6, 6.07) is 3.88. The van der Waals surface area contributed by atoms with Crippen molar-refractivity contribution in [1.82, 2.24) is 24.8 Å². The number of carbonyl (C=O) groups is 1. The van der Waals surface area contributed by atoms with Crippen LogP contribution < -0.4 is 10.6 Å². The van der Waals surface area contributed by atoms with Crippen molar-refractivity contribution in [1.29, 1.82) is 0 Å². The largest absolute Gasteiger partial charge is 0.334 e. The molecule has 1 fully saturated rings. The zero-order valence-electron chi connectivity index (χ0n) is 12.7. The topological polar surface area (TPSA) is 84.7 Å². The smallest absolute Gasteiger partial charge is 0.231 e. The van der Waals surface area contributed by atoms with Gasteiger partial charge in [-0.1, -0.05) is 0 Å². The van der Waals surface area contributed by atoms with Crippen LogP contribution in [-0.2, 0) is 11.8 Å². The number of aromatic nitrogens is 4. The van der Waals surface area contributed by atoms with Gasteiger partial charge in [-0.2, -0.15) is 0 Å². The van der Waals surface area contributed by atoms with Gasteiger partial charge in [-0.25, -0.2) is 9.97 Å². The molecule has 1 saturated heterocycles. The molecule has 0 saturated carbocycles. The first-order chi connectivity index (χ1) is 11.2. The molecule has 7 nitrogen and oxygen atoms in total. The average Bonchev–Trinajstić information content (AvgIpc) is 2.91. The summed E-state index contributed by atoms with van der Waals surface area (Å²) in [5.74, 6) is 0.594. The summed E-state index contributed by atoms with van der Waals surface area (Å²) >= 11 is 0. The molecule has 0 atom stereocenters. The molecule has 1 aliphatic rings. The summed E-state index contributed by atoms with van der Waals surface area (Å²) in [5.41, 5.74) is 2.76. The van der Waals surface area contributed by atoms with E-state index in [0.29, 0.717) is 5.82 Å². The third kappa shape index (κ3) is 2.55. The fourth-order valence-corrected chi connectivity index (χ4v) is 2.58. The quantitative estimate of drug-likeness (QED) is 0.759. The molecule has 116 valence electrons. The van der Waals surface area contributed by atoms with Crippen LogP contribution in [0.5, 0.6) is 0 Å². The number of nitrogens with zero attached hydrogens (tertiary/aromatic N) is 4. The van der Waals surface area contributed by atoms with Gasteiger partial charge in [-0.15, -0.1) is 0 Å². The van der Waals surface area contributed by atoms with E-state index in [1.165, 1.54) is 0 Å². The van der Waals surface area contributed by atoms with Gasteiger partial charge in [-0.3, -0.25) is 9.78 Å². The van der Waals surface area contributed by atoms with Crippen molar-refractivity contribution >= 4 is 22.6 Å². The van der Waals surface area contributed by atoms with Crippen LogP contribution in [0.1, 0.15) is 0 Å². The maximum Gasteiger partial charge on any atom is 0.231 e. The lowest BCUT2D eigenvalue weighted by molar-refractivity contribution is -0.121. The second-order valence-electron chi connectivity index (χ2n) is 5.72. The van der Waals surface area contributed by atoms with E-state index in [9.17, 15) is 4.79 Å². The van der Waals surface area contributed by atoms with Gasteiger partial charge in [0.25, 0.3) is 0 Å². The number of carbonyl (C=O) groups excluding carboxylic acids is 1. The fourth-order valence-electron chi connectivity index (χ4n) is 2.58. The Morgan fingerprint density at radius 3 is 2.83 bits per heavy atom. The van der Waals surface area contributed by atoms with Crippen LogP contribution in [0.4, 0.5) is 5.82 Å². The summed E-state index contributed by atoms with van der Waals surface area (Å²) < 4.78 is 1.94. The SMILES string of the molecule is Cn1cncc1-c1cnc2cnc(NC(=O)C3CNC3)cc2c1. The van der Waals surface area contributed by atoms with E-state index in [1.807, 2.05) is 23.7 Å². The highest BCUT2D eigenvalue weighted by atomic mass is 16.2. The number of hydrogen-bond acceptors (Lipinski definition) is 5. The fraction of sp³-hybridized carbons (Fsp3) is 0.250. The first-order valence-corrected chi connectivity index (χ1v) is 7.45. The van der Waals surface area contributed by atoms with E-state index < -0.39 is 0 Å². The predicted molar refractivity (Wildman–Crippen MR) is 86.7 cm³/mol.